The highest BCUT2D eigenvalue weighted by Crippen LogP contribution is 2.43. The van der Waals surface area contributed by atoms with Crippen molar-refractivity contribution in [2.24, 2.45) is 5.92 Å². The SMILES string of the molecule is CC1CCC1.CCC1CCC(n2ncc3c(NCc4ccccc4CNC(=O)CCOCCOCCOCCOCc4cn(CCOCCOCCOCCOCCC(=O)Oc5c(F)cc(F)cc5F)nn4)nc(Cl)nc32)O1.COP(C)CP(O)O. The van der Waals surface area contributed by atoms with Crippen molar-refractivity contribution in [3.63, 3.8) is 0 Å². The fourth-order valence-electron chi connectivity index (χ4n) is 8.01. The molecule has 7 rings (SSSR count). The van der Waals surface area contributed by atoms with E-state index in [-0.39, 0.29) is 69.4 Å². The summed E-state index contributed by atoms with van der Waals surface area (Å²) in [4.78, 5) is 50.1. The van der Waals surface area contributed by atoms with Crippen LogP contribution in [0.1, 0.15) is 88.3 Å². The van der Waals surface area contributed by atoms with Gasteiger partial charge in [-0.15, -0.1) is 5.10 Å². The molecule has 2 aliphatic rings. The molecule has 1 aliphatic heterocycles. The van der Waals surface area contributed by atoms with Gasteiger partial charge in [-0.25, -0.2) is 22.5 Å². The van der Waals surface area contributed by atoms with Gasteiger partial charge in [0.15, 0.2) is 31.9 Å². The lowest BCUT2D eigenvalue weighted by Gasteiger charge is -2.18. The molecule has 3 unspecified atom stereocenters. The topological polar surface area (TPSA) is 274 Å². The van der Waals surface area contributed by atoms with Crippen molar-refractivity contribution in [1.29, 1.82) is 0 Å². The van der Waals surface area contributed by atoms with E-state index in [4.69, 9.17) is 68.5 Å². The standard InChI is InChI=1S/C48H63ClF3N9O12.C5H10.C3H10O3P2/c1-2-38-7-8-43(72-38)61-47-39(31-55-61)46(56-48(49)57-47)54-30-35-6-4-3-5-34(35)29-53-42(62)9-12-64-15-18-67-23-24-70-25-26-71-33-37-32-60(59-58-37)11-14-66-17-20-69-22-21-68-19-16-65-13-10-44(63)73-45-40(51)27-36(50)28-41(45)52;1-5-3-2-4-5;1-6-7(2)3-8(4)5/h3-6,27-28,31-32,38,43H,2,7-26,29-30,33H2,1H3,(H,53,62)(H,54,56,57);5H,2-4H2,1H3;4-5H,3H2,1-2H3. The van der Waals surface area contributed by atoms with Crippen molar-refractivity contribution >= 4 is 56.9 Å². The van der Waals surface area contributed by atoms with Crippen LogP contribution in [0.15, 0.2) is 48.8 Å². The number of nitrogens with zero attached hydrogens (tertiary/aromatic N) is 7. The average Bonchev–Trinajstić information content (AvgIpc) is 4.08. The molecule has 4 heterocycles. The van der Waals surface area contributed by atoms with Gasteiger partial charge in [-0.3, -0.25) is 9.59 Å². The number of nitrogens with one attached hydrogen (secondary N) is 2. The minimum absolute atomic E-state index is 0.0509. The Balaban J connectivity index is 0.000000923. The van der Waals surface area contributed by atoms with Gasteiger partial charge in [-0.1, -0.05) is 62.6 Å². The fourth-order valence-corrected chi connectivity index (χ4v) is 10.1. The molecule has 5 aromatic rings. The van der Waals surface area contributed by atoms with E-state index in [1.165, 1.54) is 19.3 Å². The molecule has 1 saturated heterocycles. The number of anilines is 1. The lowest BCUT2D eigenvalue weighted by Crippen LogP contribution is -2.25. The van der Waals surface area contributed by atoms with Crippen LogP contribution < -0.4 is 15.4 Å². The molecule has 30 heteroatoms. The minimum atomic E-state index is -1.74. The number of rotatable bonds is 40. The molecular weight excluding hydrogens is 1190 g/mol. The summed E-state index contributed by atoms with van der Waals surface area (Å²) >= 11 is 6.34. The van der Waals surface area contributed by atoms with Crippen LogP contribution in [0.2, 0.25) is 5.28 Å². The highest BCUT2D eigenvalue weighted by atomic mass is 35.5. The van der Waals surface area contributed by atoms with E-state index in [2.05, 4.69) is 54.6 Å². The summed E-state index contributed by atoms with van der Waals surface area (Å²) in [7, 11) is -0.757. The zero-order valence-electron chi connectivity index (χ0n) is 49.4. The van der Waals surface area contributed by atoms with Crippen molar-refractivity contribution in [3.05, 3.63) is 88.3 Å². The molecule has 86 heavy (non-hydrogen) atoms. The lowest BCUT2D eigenvalue weighted by molar-refractivity contribution is -0.136. The van der Waals surface area contributed by atoms with E-state index >= 15 is 0 Å². The number of carbonyl (C=O) groups is 2. The molecule has 1 saturated carbocycles. The van der Waals surface area contributed by atoms with E-state index in [0.717, 1.165) is 41.7 Å². The van der Waals surface area contributed by atoms with Crippen LogP contribution in [0.4, 0.5) is 19.0 Å². The first-order valence-electron chi connectivity index (χ1n) is 28.6. The van der Waals surface area contributed by atoms with Crippen molar-refractivity contribution in [2.45, 2.75) is 104 Å². The summed E-state index contributed by atoms with van der Waals surface area (Å²) in [6, 6.07) is 8.70. The first-order valence-corrected chi connectivity index (χ1v) is 32.3. The summed E-state index contributed by atoms with van der Waals surface area (Å²) < 4.78 is 103. The summed E-state index contributed by atoms with van der Waals surface area (Å²) in [6.45, 7) is 12.6. The maximum Gasteiger partial charge on any atom is 0.313 e. The number of fused-ring (bicyclic) bond motifs is 1. The van der Waals surface area contributed by atoms with Crippen LogP contribution in [0, 0.1) is 23.4 Å². The monoisotopic (exact) mass is 1280 g/mol. The number of carbonyl (C=O) groups excluding carboxylic acids is 2. The van der Waals surface area contributed by atoms with E-state index in [0.29, 0.717) is 128 Å². The number of aromatic nitrogens is 7. The Bertz CT molecular complexity index is 2680. The highest BCUT2D eigenvalue weighted by Gasteiger charge is 2.28. The normalized spacial score (nSPS) is 15.2. The molecule has 0 radical (unpaired) electrons. The Morgan fingerprint density at radius 3 is 1.90 bits per heavy atom. The van der Waals surface area contributed by atoms with Crippen molar-refractivity contribution in [1.82, 2.24) is 40.1 Å². The molecule has 4 N–H and O–H groups in total. The molecule has 3 aromatic heterocycles. The third-order valence-corrected chi connectivity index (χ3v) is 16.3. The first-order chi connectivity index (χ1) is 41.7. The smallest absolute Gasteiger partial charge is 0.313 e. The molecule has 480 valence electrons. The number of halogens is 4. The predicted molar refractivity (Wildman–Crippen MR) is 315 cm³/mol. The molecule has 24 nitrogen and oxygen atoms in total. The predicted octanol–water partition coefficient (Wildman–Crippen LogP) is 8.24. The quantitative estimate of drug-likeness (QED) is 0.00944. The molecule has 2 fully saturated rings. The molecule has 0 spiro atoms. The second-order valence-corrected chi connectivity index (χ2v) is 23.4. The second-order valence-electron chi connectivity index (χ2n) is 19.6. The Morgan fingerprint density at radius 1 is 0.779 bits per heavy atom. The van der Waals surface area contributed by atoms with Gasteiger partial charge in [0, 0.05) is 46.9 Å². The van der Waals surface area contributed by atoms with Crippen LogP contribution in [-0.2, 0) is 83.0 Å². The van der Waals surface area contributed by atoms with Gasteiger partial charge in [0.05, 0.1) is 148 Å². The fraction of sp³-hybridized carbons (Fsp3) is 0.625. The molecule has 0 bridgehead atoms. The lowest BCUT2D eigenvalue weighted by atomic mass is 9.88. The Morgan fingerprint density at radius 2 is 1.35 bits per heavy atom. The maximum atomic E-state index is 13.6. The Kier molecular flexibility index (Phi) is 35.4. The van der Waals surface area contributed by atoms with Gasteiger partial charge >= 0.3 is 5.97 Å². The van der Waals surface area contributed by atoms with E-state index < -0.39 is 45.7 Å². The third-order valence-electron chi connectivity index (χ3n) is 12.9. The van der Waals surface area contributed by atoms with E-state index in [1.807, 2.05) is 30.9 Å². The van der Waals surface area contributed by atoms with Crippen LogP contribution in [-0.4, -0.2) is 181 Å². The van der Waals surface area contributed by atoms with Gasteiger partial charge in [-0.2, -0.15) is 15.1 Å². The maximum absolute atomic E-state index is 13.6. The summed E-state index contributed by atoms with van der Waals surface area (Å²) in [5, 5.41) is 20.0. The summed E-state index contributed by atoms with van der Waals surface area (Å²) in [5.41, 5.74) is 3.26. The van der Waals surface area contributed by atoms with Crippen molar-refractivity contribution in [2.75, 3.05) is 124 Å². The van der Waals surface area contributed by atoms with E-state index in [1.54, 1.807) is 28.9 Å². The number of hydrogen-bond acceptors (Lipinski definition) is 21. The largest absolute Gasteiger partial charge is 0.420 e. The zero-order chi connectivity index (χ0) is 61.7. The average molecular weight is 1280 g/mol. The number of benzene rings is 2. The number of ether oxygens (including phenoxy) is 10. The van der Waals surface area contributed by atoms with Crippen LogP contribution in [0.3, 0.4) is 0 Å². The zero-order valence-corrected chi connectivity index (χ0v) is 51.9. The number of amides is 1. The van der Waals surface area contributed by atoms with Crippen LogP contribution >= 0.6 is 28.1 Å². The van der Waals surface area contributed by atoms with Gasteiger partial charge in [-0.05, 0) is 54.6 Å². The molecule has 1 amide bonds. The summed E-state index contributed by atoms with van der Waals surface area (Å²) in [5.74, 6) is -3.69. The van der Waals surface area contributed by atoms with Crippen molar-refractivity contribution < 1.29 is 84.4 Å². The molecular formula is C56H83ClF3N9O15P2. The Hall–Kier alpha value is -4.67. The van der Waals surface area contributed by atoms with E-state index in [9.17, 15) is 22.8 Å². The van der Waals surface area contributed by atoms with Gasteiger partial charge in [0.2, 0.25) is 16.9 Å². The minimum Gasteiger partial charge on any atom is -0.420 e. The molecule has 1 aliphatic carbocycles. The van der Waals surface area contributed by atoms with Crippen molar-refractivity contribution in [3.8, 4) is 5.75 Å². The van der Waals surface area contributed by atoms with Crippen LogP contribution in [0.5, 0.6) is 5.75 Å². The third kappa shape index (κ3) is 28.7. The van der Waals surface area contributed by atoms with Gasteiger partial charge in [0.1, 0.15) is 17.3 Å². The van der Waals surface area contributed by atoms with Gasteiger partial charge in [0.25, 0.3) is 0 Å². The summed E-state index contributed by atoms with van der Waals surface area (Å²) in [6.07, 6.45) is 10.7. The number of hydrogen-bond donors (Lipinski definition) is 4. The molecule has 3 atom stereocenters. The Labute approximate surface area is 507 Å². The first kappa shape index (κ1) is 72.1. The van der Waals surface area contributed by atoms with Crippen LogP contribution in [0.25, 0.3) is 11.0 Å². The second kappa shape index (κ2) is 42.3. The highest BCUT2D eigenvalue weighted by molar-refractivity contribution is 7.66. The van der Waals surface area contributed by atoms with Gasteiger partial charge < -0.3 is 72.3 Å². The molecule has 2 aromatic carbocycles. The number of esters is 1.